The van der Waals surface area contributed by atoms with Gasteiger partial charge in [0, 0.05) is 18.7 Å². The van der Waals surface area contributed by atoms with Crippen LogP contribution >= 0.6 is 0 Å². The van der Waals surface area contributed by atoms with E-state index in [4.69, 9.17) is 0 Å². The zero-order chi connectivity index (χ0) is 25.2. The molecule has 0 heterocycles. The Hall–Kier alpha value is -3.61. The van der Waals surface area contributed by atoms with Crippen molar-refractivity contribution in [2.75, 3.05) is 13.1 Å². The monoisotopic (exact) mass is 472 g/mol. The maximum absolute atomic E-state index is 12.1. The summed E-state index contributed by atoms with van der Waals surface area (Å²) < 4.78 is 36.3. The average molecular weight is 473 g/mol. The highest BCUT2D eigenvalue weighted by atomic mass is 19.4. The van der Waals surface area contributed by atoms with Crippen molar-refractivity contribution in [3.05, 3.63) is 107 Å². The number of aryl methyl sites for hydroxylation is 2. The number of alkyl halides is 3. The third kappa shape index (κ3) is 11.9. The summed E-state index contributed by atoms with van der Waals surface area (Å²) in [4.78, 5) is 21.3. The van der Waals surface area contributed by atoms with E-state index in [0.717, 1.165) is 12.5 Å². The Kier molecular flexibility index (Phi) is 13.4. The molecule has 0 aromatic heterocycles. The number of benzene rings is 3. The van der Waals surface area contributed by atoms with Crippen LogP contribution in [0.2, 0.25) is 0 Å². The molecule has 0 saturated heterocycles. The topological polar surface area (TPSA) is 58.2 Å². The number of nitrogens with one attached hydrogen (secondary N) is 2. The number of rotatable bonds is 7. The van der Waals surface area contributed by atoms with Crippen molar-refractivity contribution in [3.63, 3.8) is 0 Å². The average Bonchev–Trinajstić information content (AvgIpc) is 2.88. The van der Waals surface area contributed by atoms with Crippen LogP contribution in [-0.2, 0) is 23.8 Å². The number of carbonyl (C=O) groups excluding carboxylic acids is 2. The van der Waals surface area contributed by atoms with Gasteiger partial charge in [-0.1, -0.05) is 80.6 Å². The molecule has 7 heteroatoms. The minimum Gasteiger partial charge on any atom is -0.357 e. The summed E-state index contributed by atoms with van der Waals surface area (Å²) in [5.74, 6) is -0.127. The SMILES string of the molecule is CCc1cccc(C(F)(F)F)c1.CCc1ccccc1.O=CNCCNC(=O)c1ccccc1. The lowest BCUT2D eigenvalue weighted by atomic mass is 10.1. The van der Waals surface area contributed by atoms with E-state index in [1.165, 1.54) is 17.7 Å². The standard InChI is InChI=1S/C10H12N2O2.C9H9F3.C8H10/c13-8-11-6-7-12-10(14)9-4-2-1-3-5-9;1-2-7-4-3-5-8(6-7)9(10,11)12;1-2-8-6-4-3-5-7-8/h1-5,8H,6-7H2,(H,11,13)(H,12,14);3-6H,2H2,1H3;3-7H,2H2,1H3. The number of hydrogen-bond donors (Lipinski definition) is 2. The number of halogens is 3. The lowest BCUT2D eigenvalue weighted by Gasteiger charge is -2.06. The molecule has 34 heavy (non-hydrogen) atoms. The van der Waals surface area contributed by atoms with E-state index in [9.17, 15) is 22.8 Å². The molecule has 2 N–H and O–H groups in total. The normalized spacial score (nSPS) is 10.0. The first-order chi connectivity index (χ1) is 16.3. The Morgan fingerprint density at radius 2 is 1.35 bits per heavy atom. The van der Waals surface area contributed by atoms with Gasteiger partial charge in [-0.15, -0.1) is 0 Å². The summed E-state index contributed by atoms with van der Waals surface area (Å²) in [6, 6.07) is 24.8. The van der Waals surface area contributed by atoms with Crippen LogP contribution in [0.25, 0.3) is 0 Å². The largest absolute Gasteiger partial charge is 0.416 e. The van der Waals surface area contributed by atoms with Gasteiger partial charge in [0.2, 0.25) is 6.41 Å². The molecule has 0 spiro atoms. The smallest absolute Gasteiger partial charge is 0.357 e. The molecule has 3 aromatic carbocycles. The summed E-state index contributed by atoms with van der Waals surface area (Å²) in [6.45, 7) is 4.87. The Bertz CT molecular complexity index is 962. The van der Waals surface area contributed by atoms with Crippen molar-refractivity contribution in [2.45, 2.75) is 32.9 Å². The Morgan fingerprint density at radius 3 is 1.85 bits per heavy atom. The second-order valence-electron chi connectivity index (χ2n) is 7.08. The molecule has 0 aliphatic rings. The van der Waals surface area contributed by atoms with E-state index in [0.29, 0.717) is 37.0 Å². The Morgan fingerprint density at radius 1 is 0.794 bits per heavy atom. The summed E-state index contributed by atoms with van der Waals surface area (Å²) in [7, 11) is 0. The molecule has 0 atom stereocenters. The van der Waals surface area contributed by atoms with Gasteiger partial charge in [-0.2, -0.15) is 13.2 Å². The van der Waals surface area contributed by atoms with Crippen molar-refractivity contribution in [1.29, 1.82) is 0 Å². The van der Waals surface area contributed by atoms with E-state index >= 15 is 0 Å². The van der Waals surface area contributed by atoms with Crippen molar-refractivity contribution in [3.8, 4) is 0 Å². The second-order valence-corrected chi connectivity index (χ2v) is 7.08. The summed E-state index contributed by atoms with van der Waals surface area (Å²) in [5.41, 5.74) is 2.18. The van der Waals surface area contributed by atoms with Gasteiger partial charge < -0.3 is 10.6 Å². The van der Waals surface area contributed by atoms with Crippen LogP contribution in [0.4, 0.5) is 13.2 Å². The van der Waals surface area contributed by atoms with Crippen molar-refractivity contribution >= 4 is 12.3 Å². The predicted octanol–water partition coefficient (Wildman–Crippen LogP) is 5.68. The van der Waals surface area contributed by atoms with E-state index in [1.807, 2.05) is 19.1 Å². The lowest BCUT2D eigenvalue weighted by Crippen LogP contribution is -2.31. The molecule has 0 aliphatic heterocycles. The van der Waals surface area contributed by atoms with Crippen LogP contribution in [-0.4, -0.2) is 25.4 Å². The van der Waals surface area contributed by atoms with Gasteiger partial charge >= 0.3 is 6.18 Å². The van der Waals surface area contributed by atoms with Crippen LogP contribution in [0.5, 0.6) is 0 Å². The molecule has 3 rings (SSSR count). The number of hydrogen-bond acceptors (Lipinski definition) is 2. The fraction of sp³-hybridized carbons (Fsp3) is 0.259. The van der Waals surface area contributed by atoms with Crippen LogP contribution in [0.1, 0.15) is 40.9 Å². The molecule has 0 unspecified atom stereocenters. The maximum atomic E-state index is 12.1. The molecule has 0 bridgehead atoms. The van der Waals surface area contributed by atoms with E-state index < -0.39 is 11.7 Å². The van der Waals surface area contributed by atoms with Crippen LogP contribution < -0.4 is 10.6 Å². The van der Waals surface area contributed by atoms with Crippen molar-refractivity contribution in [2.24, 2.45) is 0 Å². The molecule has 182 valence electrons. The molecule has 0 aliphatic carbocycles. The van der Waals surface area contributed by atoms with Gasteiger partial charge in [-0.05, 0) is 42.2 Å². The van der Waals surface area contributed by atoms with Crippen LogP contribution in [0.15, 0.2) is 84.9 Å². The predicted molar refractivity (Wildman–Crippen MR) is 129 cm³/mol. The molecule has 4 nitrogen and oxygen atoms in total. The highest BCUT2D eigenvalue weighted by molar-refractivity contribution is 5.94. The van der Waals surface area contributed by atoms with Gasteiger partial charge in [0.15, 0.2) is 0 Å². The minimum absolute atomic E-state index is 0.127. The quantitative estimate of drug-likeness (QED) is 0.343. The highest BCUT2D eigenvalue weighted by Gasteiger charge is 2.30. The van der Waals surface area contributed by atoms with Crippen molar-refractivity contribution < 1.29 is 22.8 Å². The van der Waals surface area contributed by atoms with E-state index in [1.54, 1.807) is 30.3 Å². The first-order valence-corrected chi connectivity index (χ1v) is 11.0. The molecule has 2 amide bonds. The van der Waals surface area contributed by atoms with Gasteiger partial charge in [-0.3, -0.25) is 9.59 Å². The highest BCUT2D eigenvalue weighted by Crippen LogP contribution is 2.29. The van der Waals surface area contributed by atoms with Gasteiger partial charge in [0.25, 0.3) is 5.91 Å². The fourth-order valence-corrected chi connectivity index (χ4v) is 2.68. The second kappa shape index (κ2) is 16.1. The Balaban J connectivity index is 0.000000264. The van der Waals surface area contributed by atoms with Crippen molar-refractivity contribution in [1.82, 2.24) is 10.6 Å². The lowest BCUT2D eigenvalue weighted by molar-refractivity contribution is -0.137. The number of carbonyl (C=O) groups is 2. The van der Waals surface area contributed by atoms with Gasteiger partial charge in [0.05, 0.1) is 5.56 Å². The summed E-state index contributed by atoms with van der Waals surface area (Å²) in [6.07, 6.45) is -1.84. The Labute approximate surface area is 199 Å². The molecule has 0 saturated carbocycles. The molecule has 0 radical (unpaired) electrons. The molecule has 0 fully saturated rings. The van der Waals surface area contributed by atoms with Gasteiger partial charge in [-0.25, -0.2) is 0 Å². The van der Waals surface area contributed by atoms with Crippen LogP contribution in [0.3, 0.4) is 0 Å². The van der Waals surface area contributed by atoms with E-state index in [-0.39, 0.29) is 5.91 Å². The summed E-state index contributed by atoms with van der Waals surface area (Å²) in [5, 5.41) is 5.13. The molecular formula is C27H31F3N2O2. The minimum atomic E-state index is -4.22. The number of amides is 2. The summed E-state index contributed by atoms with van der Waals surface area (Å²) >= 11 is 0. The molecule has 3 aromatic rings. The maximum Gasteiger partial charge on any atom is 0.416 e. The van der Waals surface area contributed by atoms with Gasteiger partial charge in [0.1, 0.15) is 0 Å². The zero-order valence-corrected chi connectivity index (χ0v) is 19.4. The third-order valence-electron chi connectivity index (χ3n) is 4.59. The first-order valence-electron chi connectivity index (χ1n) is 11.0. The zero-order valence-electron chi connectivity index (χ0n) is 19.4. The third-order valence-corrected chi connectivity index (χ3v) is 4.59. The molecular weight excluding hydrogens is 441 g/mol. The fourth-order valence-electron chi connectivity index (χ4n) is 2.68. The van der Waals surface area contributed by atoms with Crippen LogP contribution in [0, 0.1) is 0 Å². The first kappa shape index (κ1) is 28.4. The van der Waals surface area contributed by atoms with E-state index in [2.05, 4.69) is 41.8 Å².